The maximum absolute atomic E-state index is 12.3. The smallest absolute Gasteiger partial charge is 0.151 e. The monoisotopic (exact) mass is 442 g/mol. The quantitative estimate of drug-likeness (QED) is 0.662. The van der Waals surface area contributed by atoms with Crippen LogP contribution in [0, 0.1) is 13.8 Å². The number of aromatic nitrogens is 2. The van der Waals surface area contributed by atoms with E-state index in [2.05, 4.69) is 33.3 Å². The Bertz CT molecular complexity index is 1010. The van der Waals surface area contributed by atoms with Crippen LogP contribution in [0.15, 0.2) is 35.5 Å². The minimum atomic E-state index is -0.266. The van der Waals surface area contributed by atoms with Crippen molar-refractivity contribution < 1.29 is 4.79 Å². The normalized spacial score (nSPS) is 21.4. The van der Waals surface area contributed by atoms with Gasteiger partial charge in [0.25, 0.3) is 0 Å². The third-order valence-corrected chi connectivity index (χ3v) is 6.88. The molecule has 31 heavy (non-hydrogen) atoms. The fourth-order valence-corrected chi connectivity index (χ4v) is 4.84. The lowest BCUT2D eigenvalue weighted by Gasteiger charge is -2.35. The lowest BCUT2D eigenvalue weighted by Crippen LogP contribution is -2.44. The van der Waals surface area contributed by atoms with E-state index in [-0.39, 0.29) is 6.17 Å². The second-order valence-corrected chi connectivity index (χ2v) is 8.92. The van der Waals surface area contributed by atoms with Gasteiger partial charge in [0.2, 0.25) is 0 Å². The van der Waals surface area contributed by atoms with Crippen molar-refractivity contribution in [3.8, 4) is 0 Å². The summed E-state index contributed by atoms with van der Waals surface area (Å²) in [6.45, 7) is 11.0. The van der Waals surface area contributed by atoms with Crippen molar-refractivity contribution in [3.05, 3.63) is 57.8 Å². The molecule has 2 aromatic rings. The van der Waals surface area contributed by atoms with Crippen LogP contribution in [0.1, 0.15) is 30.3 Å². The largest absolute Gasteiger partial charge is 0.309 e. The Morgan fingerprint density at radius 1 is 1.10 bits per heavy atom. The summed E-state index contributed by atoms with van der Waals surface area (Å²) in [7, 11) is 4.16. The van der Waals surface area contributed by atoms with Gasteiger partial charge in [0.05, 0.1) is 28.5 Å². The van der Waals surface area contributed by atoms with Gasteiger partial charge in [-0.3, -0.25) is 14.7 Å². The molecule has 0 bridgehead atoms. The first-order valence-corrected chi connectivity index (χ1v) is 11.1. The Morgan fingerprint density at radius 2 is 1.77 bits per heavy atom. The Hall–Kier alpha value is -2.19. The summed E-state index contributed by atoms with van der Waals surface area (Å²) in [6.07, 6.45) is 0.708. The first kappa shape index (κ1) is 22.0. The molecule has 1 saturated heterocycles. The van der Waals surface area contributed by atoms with Gasteiger partial charge in [-0.2, -0.15) is 5.01 Å². The van der Waals surface area contributed by atoms with Gasteiger partial charge in [0.15, 0.2) is 6.29 Å². The zero-order valence-corrected chi connectivity index (χ0v) is 19.7. The lowest BCUT2D eigenvalue weighted by molar-refractivity contribution is -0.105. The topological polar surface area (TPSA) is 47.9 Å². The van der Waals surface area contributed by atoms with Crippen molar-refractivity contribution in [2.75, 3.05) is 45.3 Å². The van der Waals surface area contributed by atoms with E-state index in [0.29, 0.717) is 5.02 Å². The van der Waals surface area contributed by atoms with Gasteiger partial charge in [0, 0.05) is 44.6 Å². The number of aldehydes is 1. The second kappa shape index (κ2) is 8.74. The van der Waals surface area contributed by atoms with Gasteiger partial charge >= 0.3 is 0 Å². The van der Waals surface area contributed by atoms with Crippen molar-refractivity contribution in [3.63, 3.8) is 0 Å². The molecule has 8 heteroatoms. The summed E-state index contributed by atoms with van der Waals surface area (Å²) in [4.78, 5) is 22.0. The predicted molar refractivity (Wildman–Crippen MR) is 124 cm³/mol. The third kappa shape index (κ3) is 3.91. The first-order chi connectivity index (χ1) is 14.8. The molecule has 0 spiro atoms. The number of likely N-dealkylation sites (N-methyl/N-ethyl adjacent to an activating group) is 2. The van der Waals surface area contributed by atoms with Crippen LogP contribution in [0.5, 0.6) is 0 Å². The van der Waals surface area contributed by atoms with E-state index in [1.807, 2.05) is 50.2 Å². The number of allylic oxidation sites excluding steroid dienone is 1. The van der Waals surface area contributed by atoms with Crippen LogP contribution >= 0.6 is 11.6 Å². The minimum Gasteiger partial charge on any atom is -0.309 e. The number of aryl methyl sites for hydroxylation is 1. The summed E-state index contributed by atoms with van der Waals surface area (Å²) in [5.74, 6) is 0.990. The van der Waals surface area contributed by atoms with Crippen molar-refractivity contribution in [2.45, 2.75) is 33.5 Å². The van der Waals surface area contributed by atoms with Crippen molar-refractivity contribution >= 4 is 23.6 Å². The molecule has 2 aliphatic heterocycles. The van der Waals surface area contributed by atoms with Crippen LogP contribution in [-0.4, -0.2) is 70.9 Å². The highest BCUT2D eigenvalue weighted by atomic mass is 35.5. The second-order valence-electron chi connectivity index (χ2n) is 8.52. The first-order valence-electron chi connectivity index (χ1n) is 10.7. The van der Waals surface area contributed by atoms with Crippen molar-refractivity contribution in [1.82, 2.24) is 24.4 Å². The van der Waals surface area contributed by atoms with E-state index in [0.717, 1.165) is 73.2 Å². The molecule has 1 atom stereocenters. The number of hydrogen-bond donors (Lipinski definition) is 0. The van der Waals surface area contributed by atoms with E-state index in [9.17, 15) is 4.79 Å². The summed E-state index contributed by atoms with van der Waals surface area (Å²) in [6, 6.07) is 7.72. The molecule has 0 N–H and O–H groups in total. The molecule has 166 valence electrons. The molecule has 0 radical (unpaired) electrons. The number of benzene rings is 1. The molecule has 4 rings (SSSR count). The molecule has 0 aliphatic carbocycles. The third-order valence-electron chi connectivity index (χ3n) is 6.56. The van der Waals surface area contributed by atoms with Gasteiger partial charge in [-0.25, -0.2) is 4.98 Å². The number of para-hydroxylation sites is 1. The average molecular weight is 443 g/mol. The molecule has 7 nitrogen and oxygen atoms in total. The molecule has 2 aliphatic rings. The Kier molecular flexibility index (Phi) is 6.21. The SMILES string of the molecule is CC1=C(C=O)C(n2c(CN3CCN(C)CC3)nc(C)c2C)N(C)N1c1ccccc1Cl. The average Bonchev–Trinajstić information content (AvgIpc) is 3.15. The van der Waals surface area contributed by atoms with E-state index < -0.39 is 0 Å². The van der Waals surface area contributed by atoms with Crippen LogP contribution in [0.4, 0.5) is 5.69 Å². The fourth-order valence-electron chi connectivity index (χ4n) is 4.62. The van der Waals surface area contributed by atoms with Gasteiger partial charge in [0.1, 0.15) is 12.0 Å². The van der Waals surface area contributed by atoms with Crippen molar-refractivity contribution in [1.29, 1.82) is 0 Å². The standard InChI is InChI=1S/C23H31ClN6O/c1-16-17(2)29(22(25-16)14-28-12-10-26(4)11-13-28)23-19(15-31)18(3)30(27(23)5)21-9-7-6-8-20(21)24/h6-9,15,23H,10-14H2,1-5H3. The molecule has 1 fully saturated rings. The molecule has 1 aromatic heterocycles. The van der Waals surface area contributed by atoms with E-state index in [1.54, 1.807) is 0 Å². The molecule has 3 heterocycles. The number of rotatable bonds is 5. The van der Waals surface area contributed by atoms with Crippen LogP contribution in [0.25, 0.3) is 0 Å². The van der Waals surface area contributed by atoms with Crippen LogP contribution in [-0.2, 0) is 11.3 Å². The lowest BCUT2D eigenvalue weighted by atomic mass is 10.2. The number of nitrogens with zero attached hydrogens (tertiary/aromatic N) is 6. The maximum Gasteiger partial charge on any atom is 0.151 e. The molecular weight excluding hydrogens is 412 g/mol. The number of anilines is 1. The number of piperazine rings is 1. The molecule has 1 unspecified atom stereocenters. The Morgan fingerprint density at radius 3 is 2.42 bits per heavy atom. The van der Waals surface area contributed by atoms with Gasteiger partial charge in [-0.1, -0.05) is 23.7 Å². The van der Waals surface area contributed by atoms with Crippen LogP contribution in [0.3, 0.4) is 0 Å². The van der Waals surface area contributed by atoms with Crippen LogP contribution < -0.4 is 5.01 Å². The molecule has 1 aromatic carbocycles. The zero-order valence-electron chi connectivity index (χ0n) is 19.0. The van der Waals surface area contributed by atoms with E-state index >= 15 is 0 Å². The number of halogens is 1. The predicted octanol–water partition coefficient (Wildman–Crippen LogP) is 3.24. The number of carbonyl (C=O) groups is 1. The minimum absolute atomic E-state index is 0.266. The van der Waals surface area contributed by atoms with Gasteiger partial charge in [-0.05, 0) is 40.0 Å². The van der Waals surface area contributed by atoms with Crippen molar-refractivity contribution in [2.24, 2.45) is 0 Å². The number of imidazole rings is 1. The summed E-state index contributed by atoms with van der Waals surface area (Å²) in [5.41, 5.74) is 4.54. The van der Waals surface area contributed by atoms with Gasteiger partial charge in [-0.15, -0.1) is 0 Å². The molecular formula is C23H31ClN6O. The highest BCUT2D eigenvalue weighted by Crippen LogP contribution is 2.41. The van der Waals surface area contributed by atoms with Crippen LogP contribution in [0.2, 0.25) is 5.02 Å². The zero-order chi connectivity index (χ0) is 22.3. The van der Waals surface area contributed by atoms with Gasteiger partial charge < -0.3 is 9.47 Å². The molecule has 0 amide bonds. The fraction of sp³-hybridized carbons (Fsp3) is 0.478. The number of hydrazine groups is 1. The Labute approximate surface area is 189 Å². The number of carbonyl (C=O) groups excluding carboxylic acids is 1. The van der Waals surface area contributed by atoms with E-state index in [1.165, 1.54) is 0 Å². The van der Waals surface area contributed by atoms with E-state index in [4.69, 9.17) is 16.6 Å². The molecule has 0 saturated carbocycles. The number of hydrogen-bond acceptors (Lipinski definition) is 6. The summed E-state index contributed by atoms with van der Waals surface area (Å²) >= 11 is 6.52. The Balaban J connectivity index is 1.73. The highest BCUT2D eigenvalue weighted by Gasteiger charge is 2.39. The maximum atomic E-state index is 12.3. The summed E-state index contributed by atoms with van der Waals surface area (Å²) in [5, 5.41) is 4.77. The summed E-state index contributed by atoms with van der Waals surface area (Å²) < 4.78 is 2.22. The highest BCUT2D eigenvalue weighted by molar-refractivity contribution is 6.33.